The lowest BCUT2D eigenvalue weighted by Gasteiger charge is -2.20. The third-order valence-corrected chi connectivity index (χ3v) is 2.60. The van der Waals surface area contributed by atoms with E-state index in [-0.39, 0.29) is 17.9 Å². The SMILES string of the molecule is CC(C)(C)NC(=O)CC(=O)Nc1cc(Cl)ccc1Cl. The van der Waals surface area contributed by atoms with Crippen molar-refractivity contribution in [2.45, 2.75) is 32.7 Å². The molecule has 0 unspecified atom stereocenters. The molecule has 2 N–H and O–H groups in total. The van der Waals surface area contributed by atoms with E-state index in [1.807, 2.05) is 20.8 Å². The van der Waals surface area contributed by atoms with E-state index in [1.54, 1.807) is 12.1 Å². The second kappa shape index (κ2) is 6.26. The number of carbonyl (C=O) groups excluding carboxylic acids is 2. The van der Waals surface area contributed by atoms with E-state index >= 15 is 0 Å². The van der Waals surface area contributed by atoms with Crippen LogP contribution in [0.5, 0.6) is 0 Å². The number of nitrogens with one attached hydrogen (secondary N) is 2. The average Bonchev–Trinajstić information content (AvgIpc) is 2.20. The molecule has 0 saturated heterocycles. The Bertz CT molecular complexity index is 496. The Morgan fingerprint density at radius 2 is 1.79 bits per heavy atom. The smallest absolute Gasteiger partial charge is 0.233 e. The summed E-state index contributed by atoms with van der Waals surface area (Å²) < 4.78 is 0. The quantitative estimate of drug-likeness (QED) is 0.842. The zero-order valence-electron chi connectivity index (χ0n) is 11.0. The number of rotatable bonds is 3. The number of hydrogen-bond donors (Lipinski definition) is 2. The van der Waals surface area contributed by atoms with Gasteiger partial charge >= 0.3 is 0 Å². The van der Waals surface area contributed by atoms with E-state index < -0.39 is 5.91 Å². The summed E-state index contributed by atoms with van der Waals surface area (Å²) in [7, 11) is 0. The molecule has 0 saturated carbocycles. The van der Waals surface area contributed by atoms with Crippen LogP contribution in [0.4, 0.5) is 5.69 Å². The van der Waals surface area contributed by atoms with Gasteiger partial charge in [-0.25, -0.2) is 0 Å². The maximum Gasteiger partial charge on any atom is 0.233 e. The molecule has 4 nitrogen and oxygen atoms in total. The second-order valence-electron chi connectivity index (χ2n) is 5.15. The molecule has 0 bridgehead atoms. The highest BCUT2D eigenvalue weighted by molar-refractivity contribution is 6.35. The molecule has 0 atom stereocenters. The molecule has 104 valence electrons. The van der Waals surface area contributed by atoms with Gasteiger partial charge in [0.15, 0.2) is 0 Å². The molecule has 0 aliphatic heterocycles. The fourth-order valence-corrected chi connectivity index (χ4v) is 1.73. The molecule has 0 aliphatic rings. The predicted molar refractivity (Wildman–Crippen MR) is 77.6 cm³/mol. The van der Waals surface area contributed by atoms with Crippen LogP contribution in [0.3, 0.4) is 0 Å². The largest absolute Gasteiger partial charge is 0.351 e. The van der Waals surface area contributed by atoms with Crippen molar-refractivity contribution in [3.63, 3.8) is 0 Å². The Labute approximate surface area is 122 Å². The molecule has 0 heterocycles. The summed E-state index contributed by atoms with van der Waals surface area (Å²) in [6.45, 7) is 5.53. The van der Waals surface area contributed by atoms with E-state index in [0.717, 1.165) is 0 Å². The number of hydrogen-bond acceptors (Lipinski definition) is 2. The molecule has 0 aromatic heterocycles. The van der Waals surface area contributed by atoms with Crippen molar-refractivity contribution in [2.24, 2.45) is 0 Å². The average molecular weight is 303 g/mol. The van der Waals surface area contributed by atoms with Gasteiger partial charge in [-0.1, -0.05) is 23.2 Å². The molecule has 1 aromatic carbocycles. The van der Waals surface area contributed by atoms with Gasteiger partial charge in [-0.15, -0.1) is 0 Å². The van der Waals surface area contributed by atoms with Crippen LogP contribution in [0.2, 0.25) is 10.0 Å². The predicted octanol–water partition coefficient (Wildman–Crippen LogP) is 3.24. The van der Waals surface area contributed by atoms with Crippen LogP contribution in [0.15, 0.2) is 18.2 Å². The molecule has 0 aliphatic carbocycles. The van der Waals surface area contributed by atoms with Crippen LogP contribution in [0.25, 0.3) is 0 Å². The van der Waals surface area contributed by atoms with Crippen molar-refractivity contribution in [1.82, 2.24) is 5.32 Å². The van der Waals surface area contributed by atoms with Crippen LogP contribution in [0, 0.1) is 0 Å². The van der Waals surface area contributed by atoms with E-state index in [2.05, 4.69) is 10.6 Å². The highest BCUT2D eigenvalue weighted by Gasteiger charge is 2.17. The minimum absolute atomic E-state index is 0.264. The molecule has 2 amide bonds. The van der Waals surface area contributed by atoms with E-state index in [0.29, 0.717) is 15.7 Å². The maximum atomic E-state index is 11.7. The van der Waals surface area contributed by atoms with Gasteiger partial charge in [-0.05, 0) is 39.0 Å². The van der Waals surface area contributed by atoms with Crippen LogP contribution in [-0.2, 0) is 9.59 Å². The highest BCUT2D eigenvalue weighted by atomic mass is 35.5. The zero-order chi connectivity index (χ0) is 14.6. The molecular weight excluding hydrogens is 287 g/mol. The summed E-state index contributed by atoms with van der Waals surface area (Å²) in [6, 6.07) is 4.73. The maximum absolute atomic E-state index is 11.7. The molecule has 0 radical (unpaired) electrons. The van der Waals surface area contributed by atoms with Gasteiger partial charge < -0.3 is 10.6 Å². The Morgan fingerprint density at radius 1 is 1.16 bits per heavy atom. The monoisotopic (exact) mass is 302 g/mol. The van der Waals surface area contributed by atoms with Gasteiger partial charge in [0.05, 0.1) is 10.7 Å². The third kappa shape index (κ3) is 5.94. The van der Waals surface area contributed by atoms with Gasteiger partial charge in [0.25, 0.3) is 0 Å². The number of halogens is 2. The normalized spacial score (nSPS) is 11.0. The second-order valence-corrected chi connectivity index (χ2v) is 5.99. The minimum atomic E-state index is -0.439. The number of carbonyl (C=O) groups is 2. The lowest BCUT2D eigenvalue weighted by atomic mass is 10.1. The van der Waals surface area contributed by atoms with Crippen molar-refractivity contribution in [3.05, 3.63) is 28.2 Å². The van der Waals surface area contributed by atoms with Gasteiger partial charge in [0.1, 0.15) is 6.42 Å². The standard InChI is InChI=1S/C13H16Cl2N2O2/c1-13(2,3)17-12(19)7-11(18)16-10-6-8(14)4-5-9(10)15/h4-6H,7H2,1-3H3,(H,16,18)(H,17,19). The van der Waals surface area contributed by atoms with Crippen molar-refractivity contribution >= 4 is 40.7 Å². The molecule has 0 spiro atoms. The summed E-state index contributed by atoms with van der Waals surface area (Å²) >= 11 is 11.7. The number of anilines is 1. The van der Waals surface area contributed by atoms with Gasteiger partial charge in [-0.3, -0.25) is 9.59 Å². The lowest BCUT2D eigenvalue weighted by Crippen LogP contribution is -2.41. The highest BCUT2D eigenvalue weighted by Crippen LogP contribution is 2.25. The molecule has 19 heavy (non-hydrogen) atoms. The van der Waals surface area contributed by atoms with Gasteiger partial charge in [-0.2, -0.15) is 0 Å². The van der Waals surface area contributed by atoms with Gasteiger partial charge in [0, 0.05) is 10.6 Å². The van der Waals surface area contributed by atoms with Crippen LogP contribution >= 0.6 is 23.2 Å². The Balaban J connectivity index is 2.61. The first-order valence-electron chi connectivity index (χ1n) is 5.73. The molecule has 1 rings (SSSR count). The fraction of sp³-hybridized carbons (Fsp3) is 0.385. The van der Waals surface area contributed by atoms with Crippen LogP contribution in [0.1, 0.15) is 27.2 Å². The van der Waals surface area contributed by atoms with Crippen molar-refractivity contribution in [2.75, 3.05) is 5.32 Å². The van der Waals surface area contributed by atoms with Crippen molar-refractivity contribution < 1.29 is 9.59 Å². The summed E-state index contributed by atoms with van der Waals surface area (Å²) in [6.07, 6.45) is -0.264. The molecule has 0 fully saturated rings. The molecular formula is C13H16Cl2N2O2. The lowest BCUT2D eigenvalue weighted by molar-refractivity contribution is -0.127. The number of benzene rings is 1. The summed E-state index contributed by atoms with van der Waals surface area (Å²) in [4.78, 5) is 23.3. The van der Waals surface area contributed by atoms with E-state index in [1.165, 1.54) is 6.07 Å². The Hall–Kier alpha value is -1.26. The van der Waals surface area contributed by atoms with E-state index in [9.17, 15) is 9.59 Å². The zero-order valence-corrected chi connectivity index (χ0v) is 12.5. The third-order valence-electron chi connectivity index (χ3n) is 2.04. The Morgan fingerprint density at radius 3 is 2.37 bits per heavy atom. The summed E-state index contributed by atoms with van der Waals surface area (Å²) in [5.74, 6) is -0.783. The first kappa shape index (κ1) is 15.8. The molecule has 1 aromatic rings. The van der Waals surface area contributed by atoms with Gasteiger partial charge in [0.2, 0.25) is 11.8 Å². The first-order chi connectivity index (χ1) is 8.67. The Kier molecular flexibility index (Phi) is 5.20. The van der Waals surface area contributed by atoms with Crippen LogP contribution < -0.4 is 10.6 Å². The van der Waals surface area contributed by atoms with Crippen LogP contribution in [-0.4, -0.2) is 17.4 Å². The first-order valence-corrected chi connectivity index (χ1v) is 6.49. The minimum Gasteiger partial charge on any atom is -0.351 e. The summed E-state index contributed by atoms with van der Waals surface area (Å²) in [5.41, 5.74) is 0.0214. The van der Waals surface area contributed by atoms with Crippen molar-refractivity contribution in [1.29, 1.82) is 0 Å². The van der Waals surface area contributed by atoms with Crippen molar-refractivity contribution in [3.8, 4) is 0 Å². The number of amides is 2. The molecule has 6 heteroatoms. The summed E-state index contributed by atoms with van der Waals surface area (Å²) in [5, 5.41) is 6.08. The van der Waals surface area contributed by atoms with E-state index in [4.69, 9.17) is 23.2 Å². The topological polar surface area (TPSA) is 58.2 Å². The fourth-order valence-electron chi connectivity index (χ4n) is 1.40.